The second-order valence-electron chi connectivity index (χ2n) is 6.80. The summed E-state index contributed by atoms with van der Waals surface area (Å²) in [6.45, 7) is 0. The number of primary sulfonamides is 1. The van der Waals surface area contributed by atoms with E-state index in [2.05, 4.69) is 17.4 Å². The molecule has 6 nitrogen and oxygen atoms in total. The predicted molar refractivity (Wildman–Crippen MR) is 103 cm³/mol. The van der Waals surface area contributed by atoms with Gasteiger partial charge in [0.25, 0.3) is 0 Å². The highest BCUT2D eigenvalue weighted by atomic mass is 32.2. The lowest BCUT2D eigenvalue weighted by Crippen LogP contribution is -2.19. The molecule has 0 unspecified atom stereocenters. The van der Waals surface area contributed by atoms with Gasteiger partial charge in [-0.15, -0.1) is 0 Å². The van der Waals surface area contributed by atoms with Crippen molar-refractivity contribution in [2.75, 3.05) is 24.3 Å². The third-order valence-corrected chi connectivity index (χ3v) is 5.49. The van der Waals surface area contributed by atoms with Crippen LogP contribution in [0, 0.1) is 0 Å². The number of hydrogen-bond donors (Lipinski definition) is 2. The first-order valence-electron chi connectivity index (χ1n) is 8.49. The Kier molecular flexibility index (Phi) is 5.02. The Morgan fingerprint density at radius 3 is 2.54 bits per heavy atom. The molecule has 0 fully saturated rings. The summed E-state index contributed by atoms with van der Waals surface area (Å²) in [5.41, 5.74) is 4.77. The normalized spacial score (nSPS) is 13.3. The molecular weight excluding hydrogens is 350 g/mol. The van der Waals surface area contributed by atoms with Crippen LogP contribution in [0.1, 0.15) is 23.1 Å². The van der Waals surface area contributed by atoms with Crippen LogP contribution >= 0.6 is 0 Å². The zero-order valence-corrected chi connectivity index (χ0v) is 15.8. The number of rotatable bonds is 5. The molecule has 0 saturated heterocycles. The van der Waals surface area contributed by atoms with Gasteiger partial charge in [-0.2, -0.15) is 0 Å². The lowest BCUT2D eigenvalue weighted by molar-refractivity contribution is -0.115. The molecule has 1 aliphatic rings. The van der Waals surface area contributed by atoms with Crippen LogP contribution in [0.25, 0.3) is 0 Å². The van der Waals surface area contributed by atoms with E-state index in [1.165, 1.54) is 23.3 Å². The Morgan fingerprint density at radius 1 is 1.12 bits per heavy atom. The van der Waals surface area contributed by atoms with Crippen LogP contribution < -0.4 is 15.4 Å². The Morgan fingerprint density at radius 2 is 1.85 bits per heavy atom. The minimum absolute atomic E-state index is 0.0315. The molecule has 0 heterocycles. The zero-order valence-electron chi connectivity index (χ0n) is 15.0. The first kappa shape index (κ1) is 18.4. The summed E-state index contributed by atoms with van der Waals surface area (Å²) in [7, 11) is -0.196. The van der Waals surface area contributed by atoms with E-state index in [4.69, 9.17) is 5.14 Å². The van der Waals surface area contributed by atoms with Crippen molar-refractivity contribution < 1.29 is 13.2 Å². The number of amides is 1. The standard InChI is InChI=1S/C19H23N3O3S/c1-22(2)18-9-8-16(26(20,24)25)12-17(18)21-19(23)11-13-6-7-14-4-3-5-15(14)10-13/h6-10,12H,3-5,11H2,1-2H3,(H,21,23)(H2,20,24,25). The summed E-state index contributed by atoms with van der Waals surface area (Å²) in [4.78, 5) is 14.3. The molecule has 1 aliphatic carbocycles. The van der Waals surface area contributed by atoms with Gasteiger partial charge in [-0.1, -0.05) is 18.2 Å². The van der Waals surface area contributed by atoms with E-state index in [0.29, 0.717) is 11.4 Å². The zero-order chi connectivity index (χ0) is 18.9. The van der Waals surface area contributed by atoms with Crippen LogP contribution in [-0.2, 0) is 34.1 Å². The van der Waals surface area contributed by atoms with Gasteiger partial charge in [0.05, 0.1) is 22.7 Å². The van der Waals surface area contributed by atoms with Crippen LogP contribution in [0.2, 0.25) is 0 Å². The lowest BCUT2D eigenvalue weighted by atomic mass is 10.0. The molecule has 0 saturated carbocycles. The number of nitrogens with one attached hydrogen (secondary N) is 1. The minimum Gasteiger partial charge on any atom is -0.376 e. The lowest BCUT2D eigenvalue weighted by Gasteiger charge is -2.19. The van der Waals surface area contributed by atoms with Crippen LogP contribution in [0.15, 0.2) is 41.3 Å². The van der Waals surface area contributed by atoms with Gasteiger partial charge < -0.3 is 10.2 Å². The van der Waals surface area contributed by atoms with Crippen molar-refractivity contribution in [1.82, 2.24) is 0 Å². The van der Waals surface area contributed by atoms with Crippen molar-refractivity contribution in [1.29, 1.82) is 0 Å². The van der Waals surface area contributed by atoms with Crippen LogP contribution in [0.3, 0.4) is 0 Å². The van der Waals surface area contributed by atoms with Crippen LogP contribution in [-0.4, -0.2) is 28.4 Å². The molecule has 138 valence electrons. The van der Waals surface area contributed by atoms with Gasteiger partial charge >= 0.3 is 0 Å². The van der Waals surface area contributed by atoms with Gasteiger partial charge in [0.1, 0.15) is 0 Å². The number of carbonyl (C=O) groups excluding carboxylic acids is 1. The van der Waals surface area contributed by atoms with Crippen molar-refractivity contribution >= 4 is 27.3 Å². The summed E-state index contributed by atoms with van der Waals surface area (Å²) >= 11 is 0. The van der Waals surface area contributed by atoms with Crippen molar-refractivity contribution in [3.63, 3.8) is 0 Å². The number of anilines is 2. The fourth-order valence-corrected chi connectivity index (χ4v) is 3.84. The highest BCUT2D eigenvalue weighted by Gasteiger charge is 2.16. The fraction of sp³-hybridized carbons (Fsp3) is 0.316. The van der Waals surface area contributed by atoms with E-state index in [1.54, 1.807) is 11.0 Å². The first-order valence-corrected chi connectivity index (χ1v) is 10.0. The number of sulfonamides is 1. The average Bonchev–Trinajstić information content (AvgIpc) is 3.01. The Hall–Kier alpha value is -2.38. The summed E-state index contributed by atoms with van der Waals surface area (Å²) in [5, 5.41) is 8.02. The van der Waals surface area contributed by atoms with E-state index in [9.17, 15) is 13.2 Å². The molecule has 0 spiro atoms. The number of benzene rings is 2. The second-order valence-corrected chi connectivity index (χ2v) is 8.36. The molecule has 0 atom stereocenters. The molecule has 0 bridgehead atoms. The maximum atomic E-state index is 12.5. The maximum Gasteiger partial charge on any atom is 0.238 e. The topological polar surface area (TPSA) is 92.5 Å². The van der Waals surface area contributed by atoms with Gasteiger partial charge in [0.15, 0.2) is 0 Å². The van der Waals surface area contributed by atoms with Gasteiger partial charge in [-0.25, -0.2) is 13.6 Å². The number of fused-ring (bicyclic) bond motifs is 1. The second kappa shape index (κ2) is 7.09. The molecule has 0 aliphatic heterocycles. The average molecular weight is 373 g/mol. The van der Waals surface area contributed by atoms with Crippen LogP contribution in [0.5, 0.6) is 0 Å². The third kappa shape index (κ3) is 4.05. The molecule has 0 radical (unpaired) electrons. The summed E-state index contributed by atoms with van der Waals surface area (Å²) in [5.74, 6) is -0.197. The number of nitrogens with two attached hydrogens (primary N) is 1. The molecule has 2 aromatic carbocycles. The molecular formula is C19H23N3O3S. The predicted octanol–water partition coefficient (Wildman–Crippen LogP) is 2.07. The third-order valence-electron chi connectivity index (χ3n) is 4.58. The number of nitrogens with zero attached hydrogens (tertiary/aromatic N) is 1. The quantitative estimate of drug-likeness (QED) is 0.839. The maximum absolute atomic E-state index is 12.5. The summed E-state index contributed by atoms with van der Waals surface area (Å²) in [6.07, 6.45) is 3.57. The smallest absolute Gasteiger partial charge is 0.238 e. The molecule has 7 heteroatoms. The van der Waals surface area contributed by atoms with Crippen molar-refractivity contribution in [3.05, 3.63) is 53.1 Å². The Balaban J connectivity index is 1.81. The molecule has 2 aromatic rings. The van der Waals surface area contributed by atoms with E-state index < -0.39 is 10.0 Å². The van der Waals surface area contributed by atoms with E-state index in [1.807, 2.05) is 20.2 Å². The molecule has 1 amide bonds. The van der Waals surface area contributed by atoms with E-state index >= 15 is 0 Å². The van der Waals surface area contributed by atoms with Gasteiger partial charge in [0, 0.05) is 14.1 Å². The molecule has 3 rings (SSSR count). The van der Waals surface area contributed by atoms with E-state index in [0.717, 1.165) is 24.8 Å². The van der Waals surface area contributed by atoms with Crippen LogP contribution in [0.4, 0.5) is 11.4 Å². The summed E-state index contributed by atoms with van der Waals surface area (Å²) < 4.78 is 23.2. The Labute approximate surface area is 154 Å². The highest BCUT2D eigenvalue weighted by molar-refractivity contribution is 7.89. The van der Waals surface area contributed by atoms with E-state index in [-0.39, 0.29) is 17.2 Å². The van der Waals surface area contributed by atoms with Crippen molar-refractivity contribution in [3.8, 4) is 0 Å². The first-order chi connectivity index (χ1) is 12.2. The summed E-state index contributed by atoms with van der Waals surface area (Å²) in [6, 6.07) is 10.6. The van der Waals surface area contributed by atoms with Gasteiger partial charge in [-0.3, -0.25) is 4.79 Å². The molecule has 26 heavy (non-hydrogen) atoms. The fourth-order valence-electron chi connectivity index (χ4n) is 3.30. The Bertz CT molecular complexity index is 952. The minimum atomic E-state index is -3.84. The highest BCUT2D eigenvalue weighted by Crippen LogP contribution is 2.28. The number of carbonyl (C=O) groups is 1. The SMILES string of the molecule is CN(C)c1ccc(S(N)(=O)=O)cc1NC(=O)Cc1ccc2c(c1)CCC2. The monoisotopic (exact) mass is 373 g/mol. The van der Waals surface area contributed by atoms with Gasteiger partial charge in [-0.05, 0) is 54.2 Å². The molecule has 3 N–H and O–H groups in total. The molecule has 0 aromatic heterocycles. The number of aryl methyl sites for hydroxylation is 2. The van der Waals surface area contributed by atoms with Crippen molar-refractivity contribution in [2.24, 2.45) is 5.14 Å². The van der Waals surface area contributed by atoms with Gasteiger partial charge in [0.2, 0.25) is 15.9 Å². The van der Waals surface area contributed by atoms with Crippen molar-refractivity contribution in [2.45, 2.75) is 30.6 Å². The number of hydrogen-bond acceptors (Lipinski definition) is 4. The largest absolute Gasteiger partial charge is 0.376 e.